The lowest BCUT2D eigenvalue weighted by Gasteiger charge is -2.08. The number of aromatic nitrogens is 2. The van der Waals surface area contributed by atoms with E-state index in [4.69, 9.17) is 5.73 Å². The lowest BCUT2D eigenvalue weighted by Crippen LogP contribution is -2.28. The van der Waals surface area contributed by atoms with Crippen molar-refractivity contribution in [2.24, 2.45) is 12.8 Å². The second kappa shape index (κ2) is 6.90. The van der Waals surface area contributed by atoms with E-state index in [1.54, 1.807) is 4.68 Å². The number of nitrogens with zero attached hydrogens (tertiary/aromatic N) is 2. The van der Waals surface area contributed by atoms with Crippen molar-refractivity contribution >= 4 is 11.7 Å². The van der Waals surface area contributed by atoms with Crippen molar-refractivity contribution in [3.8, 4) is 0 Å². The lowest BCUT2D eigenvalue weighted by atomic mass is 10.2. The van der Waals surface area contributed by atoms with E-state index in [0.717, 1.165) is 28.9 Å². The number of nitrogens with one attached hydrogen (secondary N) is 2. The molecule has 0 saturated carbocycles. The fraction of sp³-hybridized carbons (Fsp3) is 0.333. The molecule has 0 saturated heterocycles. The standard InChI is InChI=1S/C15H21N5O/c1-3-14-12(10-20(2)19-14)9-17-15(21)18-13-6-4-5-11(7-13)8-16/h4-7,10H,3,8-9,16H2,1-2H3,(H2,17,18,21). The summed E-state index contributed by atoms with van der Waals surface area (Å²) < 4.78 is 1.76. The molecule has 1 aromatic carbocycles. The summed E-state index contributed by atoms with van der Waals surface area (Å²) in [5, 5.41) is 9.98. The van der Waals surface area contributed by atoms with Gasteiger partial charge in [-0.3, -0.25) is 4.68 Å². The van der Waals surface area contributed by atoms with Crippen LogP contribution in [0.1, 0.15) is 23.7 Å². The first-order valence-corrected chi connectivity index (χ1v) is 6.97. The van der Waals surface area contributed by atoms with Crippen LogP contribution >= 0.6 is 0 Å². The monoisotopic (exact) mass is 287 g/mol. The molecule has 1 heterocycles. The average molecular weight is 287 g/mol. The number of carbonyl (C=O) groups excluding carboxylic acids is 1. The number of carbonyl (C=O) groups is 1. The molecule has 2 amide bonds. The molecule has 2 rings (SSSR count). The molecule has 0 spiro atoms. The van der Waals surface area contributed by atoms with Gasteiger partial charge in [0.2, 0.25) is 0 Å². The molecule has 6 heteroatoms. The van der Waals surface area contributed by atoms with Gasteiger partial charge in [0.25, 0.3) is 0 Å². The fourth-order valence-corrected chi connectivity index (χ4v) is 2.16. The van der Waals surface area contributed by atoms with E-state index in [1.807, 2.05) is 44.4 Å². The molecule has 0 atom stereocenters. The van der Waals surface area contributed by atoms with Crippen LogP contribution < -0.4 is 16.4 Å². The van der Waals surface area contributed by atoms with Crippen LogP contribution in [0.3, 0.4) is 0 Å². The first-order chi connectivity index (χ1) is 10.1. The molecule has 0 aliphatic heterocycles. The molecule has 112 valence electrons. The number of urea groups is 1. The molecular formula is C15H21N5O. The summed E-state index contributed by atoms with van der Waals surface area (Å²) >= 11 is 0. The third-order valence-corrected chi connectivity index (χ3v) is 3.19. The number of nitrogens with two attached hydrogens (primary N) is 1. The summed E-state index contributed by atoms with van der Waals surface area (Å²) in [5.74, 6) is 0. The van der Waals surface area contributed by atoms with E-state index < -0.39 is 0 Å². The Hall–Kier alpha value is -2.34. The van der Waals surface area contributed by atoms with Crippen LogP contribution in [0.4, 0.5) is 10.5 Å². The second-order valence-corrected chi connectivity index (χ2v) is 4.84. The number of amides is 2. The van der Waals surface area contributed by atoms with Gasteiger partial charge in [-0.2, -0.15) is 5.10 Å². The van der Waals surface area contributed by atoms with E-state index >= 15 is 0 Å². The molecule has 0 unspecified atom stereocenters. The molecule has 0 bridgehead atoms. The number of hydrogen-bond acceptors (Lipinski definition) is 3. The number of benzene rings is 1. The van der Waals surface area contributed by atoms with Crippen LogP contribution in [-0.4, -0.2) is 15.8 Å². The number of aryl methyl sites for hydroxylation is 2. The highest BCUT2D eigenvalue weighted by Gasteiger charge is 2.08. The predicted molar refractivity (Wildman–Crippen MR) is 82.8 cm³/mol. The third kappa shape index (κ3) is 4.06. The van der Waals surface area contributed by atoms with Gasteiger partial charge in [0.05, 0.1) is 5.69 Å². The quantitative estimate of drug-likeness (QED) is 0.783. The van der Waals surface area contributed by atoms with Gasteiger partial charge in [0.15, 0.2) is 0 Å². The van der Waals surface area contributed by atoms with Crippen LogP contribution in [-0.2, 0) is 26.6 Å². The highest BCUT2D eigenvalue weighted by atomic mass is 16.2. The number of anilines is 1. The summed E-state index contributed by atoms with van der Waals surface area (Å²) in [5.41, 5.74) is 9.33. The summed E-state index contributed by atoms with van der Waals surface area (Å²) in [4.78, 5) is 11.9. The predicted octanol–water partition coefficient (Wildman–Crippen LogP) is 1.76. The maximum Gasteiger partial charge on any atom is 0.319 e. The van der Waals surface area contributed by atoms with Crippen LogP contribution in [0.2, 0.25) is 0 Å². The molecule has 0 aliphatic rings. The SMILES string of the molecule is CCc1nn(C)cc1CNC(=O)Nc1cccc(CN)c1. The Balaban J connectivity index is 1.92. The third-order valence-electron chi connectivity index (χ3n) is 3.19. The molecule has 21 heavy (non-hydrogen) atoms. The maximum absolute atomic E-state index is 11.9. The van der Waals surface area contributed by atoms with E-state index in [9.17, 15) is 4.79 Å². The van der Waals surface area contributed by atoms with Gasteiger partial charge in [-0.05, 0) is 24.1 Å². The Morgan fingerprint density at radius 2 is 2.24 bits per heavy atom. The van der Waals surface area contributed by atoms with E-state index in [2.05, 4.69) is 15.7 Å². The first-order valence-electron chi connectivity index (χ1n) is 6.97. The van der Waals surface area contributed by atoms with Crippen molar-refractivity contribution in [2.45, 2.75) is 26.4 Å². The second-order valence-electron chi connectivity index (χ2n) is 4.84. The minimum Gasteiger partial charge on any atom is -0.334 e. The minimum atomic E-state index is -0.241. The van der Waals surface area contributed by atoms with Crippen molar-refractivity contribution in [3.63, 3.8) is 0 Å². The average Bonchev–Trinajstić information content (AvgIpc) is 2.85. The minimum absolute atomic E-state index is 0.241. The zero-order valence-electron chi connectivity index (χ0n) is 12.4. The van der Waals surface area contributed by atoms with Crippen LogP contribution in [0.5, 0.6) is 0 Å². The summed E-state index contributed by atoms with van der Waals surface area (Å²) in [6.07, 6.45) is 2.77. The van der Waals surface area contributed by atoms with E-state index in [0.29, 0.717) is 13.1 Å². The lowest BCUT2D eigenvalue weighted by molar-refractivity contribution is 0.251. The molecule has 0 fully saturated rings. The largest absolute Gasteiger partial charge is 0.334 e. The molecular weight excluding hydrogens is 266 g/mol. The van der Waals surface area contributed by atoms with E-state index in [1.165, 1.54) is 0 Å². The molecule has 4 N–H and O–H groups in total. The highest BCUT2D eigenvalue weighted by Crippen LogP contribution is 2.10. The maximum atomic E-state index is 11.9. The highest BCUT2D eigenvalue weighted by molar-refractivity contribution is 5.89. The van der Waals surface area contributed by atoms with Crippen molar-refractivity contribution in [1.29, 1.82) is 0 Å². The Morgan fingerprint density at radius 3 is 2.95 bits per heavy atom. The van der Waals surface area contributed by atoms with Crippen LogP contribution in [0.25, 0.3) is 0 Å². The van der Waals surface area contributed by atoms with Gasteiger partial charge in [-0.25, -0.2) is 4.79 Å². The zero-order chi connectivity index (χ0) is 15.2. The van der Waals surface area contributed by atoms with Gasteiger partial charge in [0, 0.05) is 37.6 Å². The van der Waals surface area contributed by atoms with Crippen molar-refractivity contribution in [1.82, 2.24) is 15.1 Å². The van der Waals surface area contributed by atoms with Gasteiger partial charge >= 0.3 is 6.03 Å². The molecule has 1 aromatic heterocycles. The normalized spacial score (nSPS) is 10.4. The van der Waals surface area contributed by atoms with Gasteiger partial charge in [0.1, 0.15) is 0 Å². The van der Waals surface area contributed by atoms with Gasteiger partial charge in [-0.1, -0.05) is 19.1 Å². The molecule has 2 aromatic rings. The Bertz CT molecular complexity index is 620. The molecule has 0 radical (unpaired) electrons. The summed E-state index contributed by atoms with van der Waals surface area (Å²) in [6, 6.07) is 7.25. The van der Waals surface area contributed by atoms with Crippen LogP contribution in [0.15, 0.2) is 30.5 Å². The van der Waals surface area contributed by atoms with Crippen LogP contribution in [0, 0.1) is 0 Å². The molecule has 0 aliphatic carbocycles. The Morgan fingerprint density at radius 1 is 1.43 bits per heavy atom. The van der Waals surface area contributed by atoms with Crippen molar-refractivity contribution in [2.75, 3.05) is 5.32 Å². The van der Waals surface area contributed by atoms with Crippen molar-refractivity contribution in [3.05, 3.63) is 47.3 Å². The zero-order valence-corrected chi connectivity index (χ0v) is 12.4. The van der Waals surface area contributed by atoms with E-state index in [-0.39, 0.29) is 6.03 Å². The van der Waals surface area contributed by atoms with Gasteiger partial charge < -0.3 is 16.4 Å². The first kappa shape index (κ1) is 15.1. The van der Waals surface area contributed by atoms with Gasteiger partial charge in [-0.15, -0.1) is 0 Å². The smallest absolute Gasteiger partial charge is 0.319 e. The topological polar surface area (TPSA) is 85.0 Å². The fourth-order valence-electron chi connectivity index (χ4n) is 2.16. The summed E-state index contributed by atoms with van der Waals surface area (Å²) in [6.45, 7) is 2.95. The summed E-state index contributed by atoms with van der Waals surface area (Å²) in [7, 11) is 1.88. The Kier molecular flexibility index (Phi) is 4.94. The number of rotatable bonds is 5. The molecule has 6 nitrogen and oxygen atoms in total. The number of hydrogen-bond donors (Lipinski definition) is 3. The van der Waals surface area contributed by atoms with Crippen molar-refractivity contribution < 1.29 is 4.79 Å². The Labute approximate surface area is 124 Å².